The van der Waals surface area contributed by atoms with Crippen LogP contribution >= 0.6 is 0 Å². The van der Waals surface area contributed by atoms with Crippen LogP contribution in [0.15, 0.2) is 18.2 Å². The maximum atomic E-state index is 11.1. The molecule has 1 rings (SSSR count). The minimum Gasteiger partial charge on any atom is -0.492 e. The molecule has 106 valence electrons. The summed E-state index contributed by atoms with van der Waals surface area (Å²) in [5, 5.41) is 12.3. The van der Waals surface area contributed by atoms with Gasteiger partial charge in [0.1, 0.15) is 12.4 Å². The third-order valence-corrected chi connectivity index (χ3v) is 2.95. The van der Waals surface area contributed by atoms with Crippen molar-refractivity contribution in [3.63, 3.8) is 0 Å². The van der Waals surface area contributed by atoms with Crippen LogP contribution in [0.2, 0.25) is 0 Å². The SMILES string of the molecule is CCNCc1cc(C)ccc1OCC(C)(C)C(=O)O. The molecular formula is C15H23NO3. The Morgan fingerprint density at radius 3 is 2.68 bits per heavy atom. The number of nitrogens with one attached hydrogen (secondary N) is 1. The van der Waals surface area contributed by atoms with Crippen molar-refractivity contribution in [2.45, 2.75) is 34.2 Å². The zero-order chi connectivity index (χ0) is 14.5. The summed E-state index contributed by atoms with van der Waals surface area (Å²) < 4.78 is 5.69. The van der Waals surface area contributed by atoms with Crippen LogP contribution in [-0.2, 0) is 11.3 Å². The largest absolute Gasteiger partial charge is 0.492 e. The first-order chi connectivity index (χ1) is 8.86. The van der Waals surface area contributed by atoms with Gasteiger partial charge in [-0.25, -0.2) is 0 Å². The number of rotatable bonds is 7. The Hall–Kier alpha value is -1.55. The molecule has 0 aliphatic heterocycles. The summed E-state index contributed by atoms with van der Waals surface area (Å²) in [6, 6.07) is 5.93. The number of ether oxygens (including phenoxy) is 1. The minimum atomic E-state index is -0.889. The molecular weight excluding hydrogens is 242 g/mol. The van der Waals surface area contributed by atoms with Crippen LogP contribution in [0.1, 0.15) is 31.9 Å². The zero-order valence-corrected chi connectivity index (χ0v) is 12.1. The van der Waals surface area contributed by atoms with E-state index in [1.165, 1.54) is 0 Å². The van der Waals surface area contributed by atoms with Crippen molar-refractivity contribution >= 4 is 5.97 Å². The highest BCUT2D eigenvalue weighted by molar-refractivity contribution is 5.73. The second kappa shape index (κ2) is 6.57. The smallest absolute Gasteiger partial charge is 0.312 e. The van der Waals surface area contributed by atoms with Crippen LogP contribution in [-0.4, -0.2) is 24.2 Å². The Labute approximate surface area is 114 Å². The first-order valence-corrected chi connectivity index (χ1v) is 6.53. The van der Waals surface area contributed by atoms with E-state index in [9.17, 15) is 4.79 Å². The summed E-state index contributed by atoms with van der Waals surface area (Å²) in [5.74, 6) is -0.103. The van der Waals surface area contributed by atoms with Crippen molar-refractivity contribution in [2.75, 3.05) is 13.2 Å². The lowest BCUT2D eigenvalue weighted by Crippen LogP contribution is -2.31. The number of carboxylic acids is 1. The average Bonchev–Trinajstić information content (AvgIpc) is 2.35. The molecule has 0 aliphatic carbocycles. The lowest BCUT2D eigenvalue weighted by molar-refractivity contribution is -0.148. The zero-order valence-electron chi connectivity index (χ0n) is 12.1. The van der Waals surface area contributed by atoms with E-state index in [2.05, 4.69) is 11.4 Å². The third kappa shape index (κ3) is 4.56. The van der Waals surface area contributed by atoms with Crippen molar-refractivity contribution in [1.29, 1.82) is 0 Å². The van der Waals surface area contributed by atoms with E-state index in [0.717, 1.165) is 30.0 Å². The topological polar surface area (TPSA) is 58.6 Å². The molecule has 0 saturated carbocycles. The minimum absolute atomic E-state index is 0.157. The molecule has 0 spiro atoms. The lowest BCUT2D eigenvalue weighted by Gasteiger charge is -2.21. The number of hydrogen-bond acceptors (Lipinski definition) is 3. The van der Waals surface area contributed by atoms with E-state index >= 15 is 0 Å². The highest BCUT2D eigenvalue weighted by Crippen LogP contribution is 2.23. The van der Waals surface area contributed by atoms with Crippen molar-refractivity contribution < 1.29 is 14.6 Å². The number of carboxylic acid groups (broad SMARTS) is 1. The molecule has 4 heteroatoms. The Balaban J connectivity index is 2.79. The van der Waals surface area contributed by atoms with Gasteiger partial charge in [0, 0.05) is 12.1 Å². The molecule has 1 aromatic rings. The van der Waals surface area contributed by atoms with Crippen molar-refractivity contribution in [1.82, 2.24) is 5.32 Å². The fraction of sp³-hybridized carbons (Fsp3) is 0.533. The summed E-state index contributed by atoms with van der Waals surface area (Å²) in [5.41, 5.74) is 1.33. The summed E-state index contributed by atoms with van der Waals surface area (Å²) >= 11 is 0. The quantitative estimate of drug-likeness (QED) is 0.795. The van der Waals surface area contributed by atoms with E-state index in [4.69, 9.17) is 9.84 Å². The van der Waals surface area contributed by atoms with Crippen LogP contribution in [0, 0.1) is 12.3 Å². The normalized spacial score (nSPS) is 11.4. The number of hydrogen-bond donors (Lipinski definition) is 2. The maximum absolute atomic E-state index is 11.1. The van der Waals surface area contributed by atoms with Crippen LogP contribution in [0.5, 0.6) is 5.75 Å². The van der Waals surface area contributed by atoms with Gasteiger partial charge >= 0.3 is 5.97 Å². The van der Waals surface area contributed by atoms with Gasteiger partial charge in [0.25, 0.3) is 0 Å². The third-order valence-electron chi connectivity index (χ3n) is 2.95. The molecule has 19 heavy (non-hydrogen) atoms. The fourth-order valence-electron chi connectivity index (χ4n) is 1.57. The Bertz CT molecular complexity index is 441. The summed E-state index contributed by atoms with van der Waals surface area (Å²) in [4.78, 5) is 11.1. The van der Waals surface area contributed by atoms with Crippen molar-refractivity contribution in [3.05, 3.63) is 29.3 Å². The Morgan fingerprint density at radius 1 is 1.42 bits per heavy atom. The van der Waals surface area contributed by atoms with Gasteiger partial charge < -0.3 is 15.2 Å². The molecule has 0 aliphatic rings. The second-order valence-corrected chi connectivity index (χ2v) is 5.37. The van der Waals surface area contributed by atoms with E-state index in [1.54, 1.807) is 13.8 Å². The number of aliphatic carboxylic acids is 1. The molecule has 0 heterocycles. The molecule has 2 N–H and O–H groups in total. The Kier molecular flexibility index (Phi) is 5.36. The van der Waals surface area contributed by atoms with Crippen LogP contribution < -0.4 is 10.1 Å². The molecule has 0 fully saturated rings. The average molecular weight is 265 g/mol. The monoisotopic (exact) mass is 265 g/mol. The predicted octanol–water partition coefficient (Wildman–Crippen LogP) is 2.59. The maximum Gasteiger partial charge on any atom is 0.312 e. The predicted molar refractivity (Wildman–Crippen MR) is 75.5 cm³/mol. The number of carbonyl (C=O) groups is 1. The molecule has 0 aromatic heterocycles. The van der Waals surface area contributed by atoms with Crippen LogP contribution in [0.3, 0.4) is 0 Å². The van der Waals surface area contributed by atoms with E-state index in [1.807, 2.05) is 26.0 Å². The lowest BCUT2D eigenvalue weighted by atomic mass is 9.95. The van der Waals surface area contributed by atoms with Gasteiger partial charge in [-0.1, -0.05) is 24.6 Å². The van der Waals surface area contributed by atoms with Gasteiger partial charge in [0.2, 0.25) is 0 Å². The first kappa shape index (κ1) is 15.5. The van der Waals surface area contributed by atoms with Gasteiger partial charge in [-0.3, -0.25) is 4.79 Å². The highest BCUT2D eigenvalue weighted by Gasteiger charge is 2.28. The number of benzene rings is 1. The van der Waals surface area contributed by atoms with E-state index in [0.29, 0.717) is 0 Å². The van der Waals surface area contributed by atoms with E-state index < -0.39 is 11.4 Å². The second-order valence-electron chi connectivity index (χ2n) is 5.37. The first-order valence-electron chi connectivity index (χ1n) is 6.53. The molecule has 0 unspecified atom stereocenters. The van der Waals surface area contributed by atoms with E-state index in [-0.39, 0.29) is 6.61 Å². The molecule has 0 bridgehead atoms. The summed E-state index contributed by atoms with van der Waals surface area (Å²) in [6.45, 7) is 9.16. The standard InChI is InChI=1S/C15H23NO3/c1-5-16-9-12-8-11(2)6-7-13(12)19-10-15(3,4)14(17)18/h6-8,16H,5,9-10H2,1-4H3,(H,17,18). The van der Waals surface area contributed by atoms with Gasteiger partial charge in [-0.05, 0) is 33.4 Å². The van der Waals surface area contributed by atoms with Gasteiger partial charge in [-0.15, -0.1) is 0 Å². The van der Waals surface area contributed by atoms with Gasteiger partial charge in [0.05, 0.1) is 5.41 Å². The molecule has 1 aromatic carbocycles. The van der Waals surface area contributed by atoms with Gasteiger partial charge in [0.15, 0.2) is 0 Å². The summed E-state index contributed by atoms with van der Waals surface area (Å²) in [7, 11) is 0. The molecule has 4 nitrogen and oxygen atoms in total. The van der Waals surface area contributed by atoms with Crippen LogP contribution in [0.4, 0.5) is 0 Å². The molecule has 0 amide bonds. The fourth-order valence-corrected chi connectivity index (χ4v) is 1.57. The van der Waals surface area contributed by atoms with Crippen LogP contribution in [0.25, 0.3) is 0 Å². The molecule has 0 atom stereocenters. The molecule has 0 saturated heterocycles. The molecule has 0 radical (unpaired) electrons. The summed E-state index contributed by atoms with van der Waals surface area (Å²) in [6.07, 6.45) is 0. The number of aryl methyl sites for hydroxylation is 1. The highest BCUT2D eigenvalue weighted by atomic mass is 16.5. The van der Waals surface area contributed by atoms with Crippen molar-refractivity contribution in [2.24, 2.45) is 5.41 Å². The Morgan fingerprint density at radius 2 is 2.11 bits per heavy atom. The van der Waals surface area contributed by atoms with Crippen molar-refractivity contribution in [3.8, 4) is 5.75 Å². The van der Waals surface area contributed by atoms with Gasteiger partial charge in [-0.2, -0.15) is 0 Å².